The molecule has 1 aromatic heterocycles. The monoisotopic (exact) mass is 220 g/mol. The van der Waals surface area contributed by atoms with Crippen molar-refractivity contribution in [1.29, 1.82) is 0 Å². The van der Waals surface area contributed by atoms with Gasteiger partial charge in [-0.15, -0.1) is 12.6 Å². The van der Waals surface area contributed by atoms with Crippen LogP contribution in [0.5, 0.6) is 5.75 Å². The number of aromatic nitrogens is 2. The molecule has 1 heterocycles. The molecule has 78 valence electrons. The van der Waals surface area contributed by atoms with Gasteiger partial charge < -0.3 is 4.74 Å². The highest BCUT2D eigenvalue weighted by atomic mass is 32.1. The standard InChI is InChI=1S/C11H12N2OS/c1-13-7-9(6-12-13)8-3-4-10(14-2)11(15)5-8/h3-7,15H,1-2H3. The van der Waals surface area contributed by atoms with Crippen molar-refractivity contribution in [3.05, 3.63) is 30.6 Å². The molecule has 2 aromatic rings. The molecular formula is C11H12N2OS. The van der Waals surface area contributed by atoms with Gasteiger partial charge in [-0.2, -0.15) is 5.10 Å². The summed E-state index contributed by atoms with van der Waals surface area (Å²) in [6, 6.07) is 5.87. The van der Waals surface area contributed by atoms with Gasteiger partial charge >= 0.3 is 0 Å². The van der Waals surface area contributed by atoms with Gasteiger partial charge in [0.15, 0.2) is 0 Å². The third kappa shape index (κ3) is 1.99. The Bertz CT molecular complexity index is 479. The Morgan fingerprint density at radius 1 is 1.33 bits per heavy atom. The molecule has 0 saturated carbocycles. The number of hydrogen-bond donors (Lipinski definition) is 1. The minimum Gasteiger partial charge on any atom is -0.496 e. The van der Waals surface area contributed by atoms with Crippen LogP contribution in [-0.4, -0.2) is 16.9 Å². The molecule has 0 fully saturated rings. The predicted octanol–water partition coefficient (Wildman–Crippen LogP) is 2.38. The smallest absolute Gasteiger partial charge is 0.132 e. The van der Waals surface area contributed by atoms with Gasteiger partial charge in [0.05, 0.1) is 13.3 Å². The maximum atomic E-state index is 5.14. The third-order valence-electron chi connectivity index (χ3n) is 2.22. The Balaban J connectivity index is 2.42. The summed E-state index contributed by atoms with van der Waals surface area (Å²) in [5.41, 5.74) is 2.17. The molecule has 0 saturated heterocycles. The van der Waals surface area contributed by atoms with E-state index in [0.29, 0.717) is 0 Å². The highest BCUT2D eigenvalue weighted by Crippen LogP contribution is 2.28. The largest absolute Gasteiger partial charge is 0.496 e. The fraction of sp³-hybridized carbons (Fsp3) is 0.182. The average molecular weight is 220 g/mol. The summed E-state index contributed by atoms with van der Waals surface area (Å²) in [4.78, 5) is 0.832. The Hall–Kier alpha value is -1.42. The first kappa shape index (κ1) is 10.1. The van der Waals surface area contributed by atoms with E-state index in [1.165, 1.54) is 0 Å². The van der Waals surface area contributed by atoms with E-state index in [2.05, 4.69) is 17.7 Å². The number of benzene rings is 1. The second-order valence-corrected chi connectivity index (χ2v) is 3.77. The van der Waals surface area contributed by atoms with Gasteiger partial charge in [-0.1, -0.05) is 6.07 Å². The SMILES string of the molecule is COc1ccc(-c2cnn(C)c2)cc1S. The van der Waals surface area contributed by atoms with Gasteiger partial charge in [-0.3, -0.25) is 4.68 Å². The number of nitrogens with zero attached hydrogens (tertiary/aromatic N) is 2. The van der Waals surface area contributed by atoms with Crippen LogP contribution < -0.4 is 4.74 Å². The van der Waals surface area contributed by atoms with Crippen LogP contribution >= 0.6 is 12.6 Å². The van der Waals surface area contributed by atoms with Gasteiger partial charge in [0.25, 0.3) is 0 Å². The van der Waals surface area contributed by atoms with E-state index in [9.17, 15) is 0 Å². The van der Waals surface area contributed by atoms with Crippen LogP contribution in [0.25, 0.3) is 11.1 Å². The molecule has 15 heavy (non-hydrogen) atoms. The molecule has 2 rings (SSSR count). The van der Waals surface area contributed by atoms with Gasteiger partial charge in [0.2, 0.25) is 0 Å². The summed E-state index contributed by atoms with van der Waals surface area (Å²) in [6.07, 6.45) is 3.80. The minimum atomic E-state index is 0.783. The summed E-state index contributed by atoms with van der Waals surface area (Å²) in [5, 5.41) is 4.13. The van der Waals surface area contributed by atoms with Gasteiger partial charge in [0.1, 0.15) is 5.75 Å². The van der Waals surface area contributed by atoms with E-state index in [0.717, 1.165) is 21.8 Å². The first-order valence-corrected chi connectivity index (χ1v) is 5.01. The molecular weight excluding hydrogens is 208 g/mol. The Morgan fingerprint density at radius 2 is 2.13 bits per heavy atom. The Labute approximate surface area is 94.1 Å². The van der Waals surface area contributed by atoms with Crippen molar-refractivity contribution in [2.75, 3.05) is 7.11 Å². The second kappa shape index (κ2) is 3.98. The molecule has 1 aromatic carbocycles. The van der Waals surface area contributed by atoms with Crippen molar-refractivity contribution >= 4 is 12.6 Å². The van der Waals surface area contributed by atoms with Crippen LogP contribution in [0.3, 0.4) is 0 Å². The first-order chi connectivity index (χ1) is 7.20. The fourth-order valence-corrected chi connectivity index (χ4v) is 1.74. The van der Waals surface area contributed by atoms with Crippen molar-refractivity contribution in [3.63, 3.8) is 0 Å². The van der Waals surface area contributed by atoms with Gasteiger partial charge in [-0.25, -0.2) is 0 Å². The summed E-state index contributed by atoms with van der Waals surface area (Å²) in [5.74, 6) is 0.783. The molecule has 0 atom stereocenters. The molecule has 0 N–H and O–H groups in total. The van der Waals surface area contributed by atoms with E-state index < -0.39 is 0 Å². The Kier molecular flexibility index (Phi) is 2.68. The second-order valence-electron chi connectivity index (χ2n) is 3.29. The maximum absolute atomic E-state index is 5.14. The van der Waals surface area contributed by atoms with E-state index in [4.69, 9.17) is 4.74 Å². The summed E-state index contributed by atoms with van der Waals surface area (Å²) in [7, 11) is 3.54. The van der Waals surface area contributed by atoms with Gasteiger partial charge in [0, 0.05) is 23.7 Å². The van der Waals surface area contributed by atoms with Crippen molar-refractivity contribution in [2.45, 2.75) is 4.90 Å². The van der Waals surface area contributed by atoms with Gasteiger partial charge in [-0.05, 0) is 17.7 Å². The third-order valence-corrected chi connectivity index (χ3v) is 2.57. The zero-order valence-corrected chi connectivity index (χ0v) is 9.53. The van der Waals surface area contributed by atoms with Crippen LogP contribution in [0.2, 0.25) is 0 Å². The lowest BCUT2D eigenvalue weighted by atomic mass is 10.1. The van der Waals surface area contributed by atoms with Crippen LogP contribution in [0.1, 0.15) is 0 Å². The number of hydrogen-bond acceptors (Lipinski definition) is 3. The minimum absolute atomic E-state index is 0.783. The van der Waals surface area contributed by atoms with Crippen LogP contribution in [0.4, 0.5) is 0 Å². The fourth-order valence-electron chi connectivity index (χ4n) is 1.44. The Morgan fingerprint density at radius 3 is 2.67 bits per heavy atom. The van der Waals surface area contributed by atoms with E-state index in [-0.39, 0.29) is 0 Å². The zero-order valence-electron chi connectivity index (χ0n) is 8.64. The molecule has 0 radical (unpaired) electrons. The quantitative estimate of drug-likeness (QED) is 0.787. The van der Waals surface area contributed by atoms with E-state index in [1.807, 2.05) is 37.6 Å². The van der Waals surface area contributed by atoms with Crippen LogP contribution in [0.15, 0.2) is 35.5 Å². The predicted molar refractivity (Wildman–Crippen MR) is 62.4 cm³/mol. The lowest BCUT2D eigenvalue weighted by Gasteiger charge is -2.04. The molecule has 0 bridgehead atoms. The highest BCUT2D eigenvalue weighted by Gasteiger charge is 2.04. The lowest BCUT2D eigenvalue weighted by molar-refractivity contribution is 0.405. The van der Waals surface area contributed by atoms with Crippen LogP contribution in [0, 0.1) is 0 Å². The molecule has 0 spiro atoms. The summed E-state index contributed by atoms with van der Waals surface area (Å²) in [6.45, 7) is 0. The first-order valence-electron chi connectivity index (χ1n) is 4.56. The van der Waals surface area contributed by atoms with E-state index in [1.54, 1.807) is 11.8 Å². The molecule has 3 nitrogen and oxygen atoms in total. The summed E-state index contributed by atoms with van der Waals surface area (Å²) >= 11 is 4.35. The topological polar surface area (TPSA) is 27.1 Å². The molecule has 0 amide bonds. The highest BCUT2D eigenvalue weighted by molar-refractivity contribution is 7.80. The molecule has 0 aliphatic rings. The normalized spacial score (nSPS) is 10.3. The van der Waals surface area contributed by atoms with Crippen LogP contribution in [-0.2, 0) is 7.05 Å². The maximum Gasteiger partial charge on any atom is 0.132 e. The van der Waals surface area contributed by atoms with Crippen molar-refractivity contribution in [3.8, 4) is 16.9 Å². The van der Waals surface area contributed by atoms with Crippen molar-refractivity contribution in [2.24, 2.45) is 7.05 Å². The number of methoxy groups -OCH3 is 1. The summed E-state index contributed by atoms with van der Waals surface area (Å²) < 4.78 is 6.92. The van der Waals surface area contributed by atoms with Crippen molar-refractivity contribution < 1.29 is 4.74 Å². The number of ether oxygens (including phenoxy) is 1. The molecule has 0 aliphatic heterocycles. The molecule has 0 unspecified atom stereocenters. The zero-order chi connectivity index (χ0) is 10.8. The van der Waals surface area contributed by atoms with Crippen molar-refractivity contribution in [1.82, 2.24) is 9.78 Å². The number of rotatable bonds is 2. The molecule has 4 heteroatoms. The number of aryl methyl sites for hydroxylation is 1. The number of thiol groups is 1. The molecule has 0 aliphatic carbocycles. The van der Waals surface area contributed by atoms with E-state index >= 15 is 0 Å². The lowest BCUT2D eigenvalue weighted by Crippen LogP contribution is -1.85. The average Bonchev–Trinajstić information content (AvgIpc) is 2.65.